The largest absolute Gasteiger partial charge is 0.313 e. The van der Waals surface area contributed by atoms with E-state index in [-0.39, 0.29) is 11.8 Å². The summed E-state index contributed by atoms with van der Waals surface area (Å²) in [6.45, 7) is 1.41. The van der Waals surface area contributed by atoms with Gasteiger partial charge in [-0.3, -0.25) is 4.98 Å². The Kier molecular flexibility index (Phi) is 5.51. The third-order valence-electron chi connectivity index (χ3n) is 3.71. The van der Waals surface area contributed by atoms with E-state index in [9.17, 15) is 8.42 Å². The molecule has 1 aromatic heterocycles. The predicted molar refractivity (Wildman–Crippen MR) is 80.0 cm³/mol. The predicted octanol–water partition coefficient (Wildman–Crippen LogP) is 1.03. The second-order valence-electron chi connectivity index (χ2n) is 5.32. The highest BCUT2D eigenvalue weighted by molar-refractivity contribution is 7.89. The molecule has 0 aliphatic carbocycles. The number of rotatable bonds is 6. The third kappa shape index (κ3) is 4.54. The van der Waals surface area contributed by atoms with E-state index < -0.39 is 10.0 Å². The van der Waals surface area contributed by atoms with E-state index in [1.807, 2.05) is 18.2 Å². The first-order valence-corrected chi connectivity index (χ1v) is 8.76. The molecular formula is C14H23N3O2S. The zero-order chi connectivity index (χ0) is 14.4. The van der Waals surface area contributed by atoms with Crippen LogP contribution in [0, 0.1) is 0 Å². The van der Waals surface area contributed by atoms with Gasteiger partial charge in [0, 0.05) is 37.9 Å². The van der Waals surface area contributed by atoms with Crippen LogP contribution in [-0.4, -0.2) is 49.6 Å². The molecule has 0 amide bonds. The minimum Gasteiger partial charge on any atom is -0.313 e. The molecule has 0 spiro atoms. The lowest BCUT2D eigenvalue weighted by Gasteiger charge is -2.25. The molecule has 1 aliphatic rings. The molecular weight excluding hydrogens is 274 g/mol. The van der Waals surface area contributed by atoms with Gasteiger partial charge < -0.3 is 5.32 Å². The number of likely N-dealkylation sites (N-methyl/N-ethyl adjacent to an activating group) is 1. The Bertz CT molecular complexity index is 498. The number of hydrogen-bond donors (Lipinski definition) is 1. The number of aromatic nitrogens is 1. The summed E-state index contributed by atoms with van der Waals surface area (Å²) in [4.78, 5) is 4.21. The van der Waals surface area contributed by atoms with Gasteiger partial charge in [-0.2, -0.15) is 0 Å². The topological polar surface area (TPSA) is 62.3 Å². The molecule has 20 heavy (non-hydrogen) atoms. The molecule has 0 radical (unpaired) electrons. The maximum atomic E-state index is 12.3. The number of nitrogens with one attached hydrogen (secondary N) is 1. The van der Waals surface area contributed by atoms with Crippen LogP contribution in [0.4, 0.5) is 0 Å². The van der Waals surface area contributed by atoms with Gasteiger partial charge in [0.25, 0.3) is 0 Å². The van der Waals surface area contributed by atoms with E-state index in [1.54, 1.807) is 13.2 Å². The van der Waals surface area contributed by atoms with E-state index in [1.165, 1.54) is 4.31 Å². The highest BCUT2D eigenvalue weighted by Crippen LogP contribution is 2.11. The smallest absolute Gasteiger partial charge is 0.215 e. The van der Waals surface area contributed by atoms with Crippen molar-refractivity contribution in [3.63, 3.8) is 0 Å². The first-order valence-electron chi connectivity index (χ1n) is 7.15. The molecule has 1 unspecified atom stereocenters. The van der Waals surface area contributed by atoms with Crippen LogP contribution in [0.25, 0.3) is 0 Å². The van der Waals surface area contributed by atoms with Crippen LogP contribution >= 0.6 is 0 Å². The molecule has 0 saturated carbocycles. The fraction of sp³-hybridized carbons (Fsp3) is 0.643. The van der Waals surface area contributed by atoms with E-state index in [0.29, 0.717) is 13.0 Å². The highest BCUT2D eigenvalue weighted by Gasteiger charge is 2.24. The minimum absolute atomic E-state index is 0.103. The SMILES string of the molecule is CN(CCc1ccccn1)S(=O)(=O)CC1CCCCN1. The number of sulfonamides is 1. The van der Waals surface area contributed by atoms with Gasteiger partial charge in [0.05, 0.1) is 5.75 Å². The zero-order valence-electron chi connectivity index (χ0n) is 12.0. The molecule has 6 heteroatoms. The fourth-order valence-corrected chi connectivity index (χ4v) is 3.82. The Hall–Kier alpha value is -0.980. The van der Waals surface area contributed by atoms with Crippen molar-refractivity contribution in [3.8, 4) is 0 Å². The Morgan fingerprint density at radius 1 is 1.40 bits per heavy atom. The van der Waals surface area contributed by atoms with Crippen molar-refractivity contribution < 1.29 is 8.42 Å². The summed E-state index contributed by atoms with van der Waals surface area (Å²) in [7, 11) is -1.53. The molecule has 1 atom stereocenters. The second kappa shape index (κ2) is 7.15. The van der Waals surface area contributed by atoms with Crippen molar-refractivity contribution in [1.82, 2.24) is 14.6 Å². The van der Waals surface area contributed by atoms with Crippen LogP contribution in [0.2, 0.25) is 0 Å². The number of nitrogens with zero attached hydrogens (tertiary/aromatic N) is 2. The summed E-state index contributed by atoms with van der Waals surface area (Å²) in [5, 5.41) is 3.29. The van der Waals surface area contributed by atoms with Crippen LogP contribution in [0.1, 0.15) is 25.0 Å². The van der Waals surface area contributed by atoms with Gasteiger partial charge in [-0.25, -0.2) is 12.7 Å². The van der Waals surface area contributed by atoms with Crippen molar-refractivity contribution in [2.24, 2.45) is 0 Å². The van der Waals surface area contributed by atoms with Gasteiger partial charge in [0.15, 0.2) is 0 Å². The Morgan fingerprint density at radius 2 is 2.25 bits per heavy atom. The van der Waals surface area contributed by atoms with Crippen molar-refractivity contribution in [2.75, 3.05) is 25.9 Å². The molecule has 0 bridgehead atoms. The normalized spacial score (nSPS) is 20.2. The molecule has 0 aromatic carbocycles. The van der Waals surface area contributed by atoms with E-state index in [4.69, 9.17) is 0 Å². The third-order valence-corrected chi connectivity index (χ3v) is 5.66. The van der Waals surface area contributed by atoms with Gasteiger partial charge in [0.2, 0.25) is 10.0 Å². The first-order chi connectivity index (χ1) is 9.58. The van der Waals surface area contributed by atoms with Crippen LogP contribution in [0.15, 0.2) is 24.4 Å². The summed E-state index contributed by atoms with van der Waals surface area (Å²) < 4.78 is 26.0. The average Bonchev–Trinajstić information content (AvgIpc) is 2.46. The highest BCUT2D eigenvalue weighted by atomic mass is 32.2. The quantitative estimate of drug-likeness (QED) is 0.852. The van der Waals surface area contributed by atoms with Gasteiger partial charge in [-0.1, -0.05) is 12.5 Å². The zero-order valence-corrected chi connectivity index (χ0v) is 12.8. The lowest BCUT2D eigenvalue weighted by Crippen LogP contribution is -2.43. The van der Waals surface area contributed by atoms with Crippen molar-refractivity contribution in [1.29, 1.82) is 0 Å². The number of piperidine rings is 1. The summed E-state index contributed by atoms with van der Waals surface area (Å²) >= 11 is 0. The van der Waals surface area contributed by atoms with Crippen LogP contribution in [0.3, 0.4) is 0 Å². The summed E-state index contributed by atoms with van der Waals surface area (Å²) in [6, 6.07) is 5.80. The van der Waals surface area contributed by atoms with Gasteiger partial charge >= 0.3 is 0 Å². The second-order valence-corrected chi connectivity index (χ2v) is 7.44. The van der Waals surface area contributed by atoms with E-state index >= 15 is 0 Å². The van der Waals surface area contributed by atoms with Crippen molar-refractivity contribution in [2.45, 2.75) is 31.7 Å². The van der Waals surface area contributed by atoms with E-state index in [0.717, 1.165) is 31.5 Å². The monoisotopic (exact) mass is 297 g/mol. The number of hydrogen-bond acceptors (Lipinski definition) is 4. The fourth-order valence-electron chi connectivity index (χ4n) is 2.40. The molecule has 1 fully saturated rings. The Morgan fingerprint density at radius 3 is 2.90 bits per heavy atom. The molecule has 1 N–H and O–H groups in total. The molecule has 5 nitrogen and oxygen atoms in total. The van der Waals surface area contributed by atoms with Gasteiger partial charge in [-0.05, 0) is 31.5 Å². The van der Waals surface area contributed by atoms with Gasteiger partial charge in [-0.15, -0.1) is 0 Å². The Labute approximate surface area is 121 Å². The van der Waals surface area contributed by atoms with Gasteiger partial charge in [0.1, 0.15) is 0 Å². The van der Waals surface area contributed by atoms with Crippen LogP contribution < -0.4 is 5.32 Å². The van der Waals surface area contributed by atoms with Crippen LogP contribution in [0.5, 0.6) is 0 Å². The molecule has 1 aromatic rings. The average molecular weight is 297 g/mol. The standard InChI is InChI=1S/C14H23N3O2S/c1-17(11-8-13-6-2-4-9-15-13)20(18,19)12-14-7-3-5-10-16-14/h2,4,6,9,14,16H,3,5,7-8,10-12H2,1H3. The maximum absolute atomic E-state index is 12.3. The maximum Gasteiger partial charge on any atom is 0.215 e. The van der Waals surface area contributed by atoms with Crippen molar-refractivity contribution >= 4 is 10.0 Å². The molecule has 112 valence electrons. The van der Waals surface area contributed by atoms with E-state index in [2.05, 4.69) is 10.3 Å². The van der Waals surface area contributed by atoms with Crippen molar-refractivity contribution in [3.05, 3.63) is 30.1 Å². The summed E-state index contributed by atoms with van der Waals surface area (Å²) in [5.74, 6) is 0.200. The summed E-state index contributed by atoms with van der Waals surface area (Å²) in [5.41, 5.74) is 0.922. The molecule has 2 rings (SSSR count). The lowest BCUT2D eigenvalue weighted by atomic mass is 10.1. The Balaban J connectivity index is 1.85. The lowest BCUT2D eigenvalue weighted by molar-refractivity contribution is 0.409. The number of pyridine rings is 1. The molecule has 1 saturated heterocycles. The molecule has 2 heterocycles. The van der Waals surface area contributed by atoms with Crippen LogP contribution in [-0.2, 0) is 16.4 Å². The summed E-state index contributed by atoms with van der Waals surface area (Å²) in [6.07, 6.45) is 5.59. The molecule has 1 aliphatic heterocycles. The minimum atomic E-state index is -3.19. The first kappa shape index (κ1) is 15.4.